The molecule has 43 heavy (non-hydrogen) atoms. The van der Waals surface area contributed by atoms with Crippen molar-refractivity contribution in [1.82, 2.24) is 4.90 Å². The van der Waals surface area contributed by atoms with Gasteiger partial charge in [-0.2, -0.15) is 0 Å². The molecule has 224 valence electrons. The molecule has 7 heteroatoms. The predicted octanol–water partition coefficient (Wildman–Crippen LogP) is 7.59. The van der Waals surface area contributed by atoms with Crippen molar-refractivity contribution in [2.45, 2.75) is 32.9 Å². The molecule has 0 aliphatic rings. The van der Waals surface area contributed by atoms with Crippen LogP contribution in [0.4, 0.5) is 10.5 Å². The van der Waals surface area contributed by atoms with E-state index in [0.29, 0.717) is 12.1 Å². The maximum absolute atomic E-state index is 13.5. The molecule has 0 saturated carbocycles. The van der Waals surface area contributed by atoms with Crippen molar-refractivity contribution in [2.75, 3.05) is 39.3 Å². The van der Waals surface area contributed by atoms with Gasteiger partial charge in [-0.05, 0) is 73.2 Å². The number of esters is 1. The van der Waals surface area contributed by atoms with Crippen LogP contribution in [-0.2, 0) is 16.0 Å². The number of carbonyl (C=O) groups is 2. The summed E-state index contributed by atoms with van der Waals surface area (Å²) < 4.78 is 17.0. The van der Waals surface area contributed by atoms with Crippen LogP contribution in [0, 0.1) is 0 Å². The normalized spacial score (nSPS) is 11.6. The highest BCUT2D eigenvalue weighted by Gasteiger charge is 2.24. The van der Waals surface area contributed by atoms with E-state index in [1.54, 1.807) is 17.0 Å². The van der Waals surface area contributed by atoms with E-state index in [0.717, 1.165) is 38.9 Å². The van der Waals surface area contributed by atoms with Gasteiger partial charge < -0.3 is 19.1 Å². The number of hydrogen-bond donors (Lipinski definition) is 0. The number of anilines is 1. The van der Waals surface area contributed by atoms with Crippen molar-refractivity contribution in [3.63, 3.8) is 0 Å². The highest BCUT2D eigenvalue weighted by molar-refractivity contribution is 5.89. The van der Waals surface area contributed by atoms with E-state index in [1.165, 1.54) is 7.11 Å². The molecule has 0 heterocycles. The summed E-state index contributed by atoms with van der Waals surface area (Å²) in [5.41, 5.74) is 3.58. The molecule has 0 radical (unpaired) electrons. The number of carbonyl (C=O) groups excluding carboxylic acids is 2. The van der Waals surface area contributed by atoms with Gasteiger partial charge in [-0.25, -0.2) is 9.59 Å². The van der Waals surface area contributed by atoms with Crippen LogP contribution in [0.2, 0.25) is 0 Å². The fourth-order valence-corrected chi connectivity index (χ4v) is 4.57. The molecule has 4 aromatic rings. The summed E-state index contributed by atoms with van der Waals surface area (Å²) in [7, 11) is 5.34. The fraction of sp³-hybridized carbons (Fsp3) is 0.278. The number of ether oxygens (including phenoxy) is 3. The average molecular weight is 581 g/mol. The number of methoxy groups -OCH3 is 1. The van der Waals surface area contributed by atoms with Gasteiger partial charge in [0.1, 0.15) is 18.0 Å². The molecule has 7 nitrogen and oxygen atoms in total. The quantitative estimate of drug-likeness (QED) is 0.180. The van der Waals surface area contributed by atoms with E-state index in [9.17, 15) is 9.59 Å². The SMILES string of the molecule is COC(=O)c1ccc(C=C(COc2cccc3ccccc23)CN(Cc2ccc(N(C)C)cc2)C(=O)OC(C)(C)C)cc1. The van der Waals surface area contributed by atoms with Crippen molar-refractivity contribution in [1.29, 1.82) is 0 Å². The number of fused-ring (bicyclic) bond motifs is 1. The summed E-state index contributed by atoms with van der Waals surface area (Å²) >= 11 is 0. The summed E-state index contributed by atoms with van der Waals surface area (Å²) in [6.07, 6.45) is 1.57. The smallest absolute Gasteiger partial charge is 0.410 e. The monoisotopic (exact) mass is 580 g/mol. The van der Waals surface area contributed by atoms with E-state index in [4.69, 9.17) is 14.2 Å². The first-order valence-corrected chi connectivity index (χ1v) is 14.2. The average Bonchev–Trinajstić information content (AvgIpc) is 2.98. The Kier molecular flexibility index (Phi) is 10.1. The zero-order valence-corrected chi connectivity index (χ0v) is 25.8. The third-order valence-corrected chi connectivity index (χ3v) is 6.74. The summed E-state index contributed by atoms with van der Waals surface area (Å²) in [4.78, 5) is 29.2. The Morgan fingerprint density at radius 1 is 0.837 bits per heavy atom. The van der Waals surface area contributed by atoms with Gasteiger partial charge in [0.15, 0.2) is 0 Å². The molecule has 0 saturated heterocycles. The first-order valence-electron chi connectivity index (χ1n) is 14.2. The molecule has 4 aromatic carbocycles. The second kappa shape index (κ2) is 13.9. The van der Waals surface area contributed by atoms with Crippen LogP contribution in [0.1, 0.15) is 42.3 Å². The third kappa shape index (κ3) is 8.85. The van der Waals surface area contributed by atoms with Crippen LogP contribution in [0.25, 0.3) is 16.8 Å². The Balaban J connectivity index is 1.66. The Morgan fingerprint density at radius 3 is 2.16 bits per heavy atom. The predicted molar refractivity (Wildman–Crippen MR) is 173 cm³/mol. The topological polar surface area (TPSA) is 68.3 Å². The number of amides is 1. The van der Waals surface area contributed by atoms with Gasteiger partial charge in [0.05, 0.1) is 12.7 Å². The summed E-state index contributed by atoms with van der Waals surface area (Å²) in [6.45, 7) is 6.45. The molecule has 0 fully saturated rings. The highest BCUT2D eigenvalue weighted by atomic mass is 16.6. The van der Waals surface area contributed by atoms with Crippen LogP contribution in [0.5, 0.6) is 5.75 Å². The van der Waals surface area contributed by atoms with E-state index in [2.05, 4.69) is 0 Å². The van der Waals surface area contributed by atoms with E-state index in [-0.39, 0.29) is 13.2 Å². The molecule has 0 atom stereocenters. The lowest BCUT2D eigenvalue weighted by Gasteiger charge is -2.28. The molecular formula is C36H40N2O5. The second-order valence-corrected chi connectivity index (χ2v) is 11.6. The van der Waals surface area contributed by atoms with Crippen molar-refractivity contribution in [3.8, 4) is 5.75 Å². The number of nitrogens with zero attached hydrogens (tertiary/aromatic N) is 2. The molecule has 0 N–H and O–H groups in total. The van der Waals surface area contributed by atoms with Crippen LogP contribution in [0.3, 0.4) is 0 Å². The second-order valence-electron chi connectivity index (χ2n) is 11.6. The minimum absolute atomic E-state index is 0.242. The van der Waals surface area contributed by atoms with Gasteiger partial charge in [0.25, 0.3) is 0 Å². The van der Waals surface area contributed by atoms with Gasteiger partial charge in [-0.3, -0.25) is 4.90 Å². The van der Waals surface area contributed by atoms with Crippen molar-refractivity contribution >= 4 is 34.6 Å². The molecule has 0 aliphatic carbocycles. The molecule has 1 amide bonds. The molecule has 0 unspecified atom stereocenters. The Bertz CT molecular complexity index is 1560. The lowest BCUT2D eigenvalue weighted by Crippen LogP contribution is -2.38. The first-order chi connectivity index (χ1) is 20.5. The van der Waals surface area contributed by atoms with Gasteiger partial charge in [0.2, 0.25) is 0 Å². The van der Waals surface area contributed by atoms with Gasteiger partial charge in [-0.1, -0.05) is 66.7 Å². The Hall–Kier alpha value is -4.78. The highest BCUT2D eigenvalue weighted by Crippen LogP contribution is 2.26. The van der Waals surface area contributed by atoms with Crippen molar-refractivity contribution in [2.24, 2.45) is 0 Å². The number of hydrogen-bond acceptors (Lipinski definition) is 6. The van der Waals surface area contributed by atoms with Crippen molar-refractivity contribution in [3.05, 3.63) is 113 Å². The van der Waals surface area contributed by atoms with E-state index >= 15 is 0 Å². The van der Waals surface area contributed by atoms with Crippen LogP contribution >= 0.6 is 0 Å². The maximum atomic E-state index is 13.5. The molecule has 0 aliphatic heterocycles. The van der Waals surface area contributed by atoms with Gasteiger partial charge in [0, 0.05) is 38.3 Å². The standard InChI is InChI=1S/C36H40N2O5/c1-36(2,3)43-35(40)38(23-27-16-20-31(21-17-27)37(4)5)24-28(22-26-14-18-30(19-15-26)34(39)41-6)25-42-33-13-9-11-29-10-7-8-12-32(29)33/h7-22H,23-25H2,1-6H3. The summed E-state index contributed by atoms with van der Waals surface area (Å²) in [5, 5.41) is 2.09. The minimum atomic E-state index is -0.656. The molecule has 0 aromatic heterocycles. The molecule has 0 bridgehead atoms. The number of rotatable bonds is 10. The maximum Gasteiger partial charge on any atom is 0.410 e. The number of benzene rings is 4. The van der Waals surface area contributed by atoms with Crippen LogP contribution in [-0.4, -0.2) is 56.9 Å². The fourth-order valence-electron chi connectivity index (χ4n) is 4.57. The first kappa shape index (κ1) is 31.2. The van der Waals surface area contributed by atoms with E-state index < -0.39 is 17.7 Å². The Morgan fingerprint density at radius 2 is 1.51 bits per heavy atom. The lowest BCUT2D eigenvalue weighted by molar-refractivity contribution is 0.0248. The van der Waals surface area contributed by atoms with Gasteiger partial charge >= 0.3 is 12.1 Å². The zero-order valence-electron chi connectivity index (χ0n) is 25.8. The molecular weight excluding hydrogens is 540 g/mol. The Labute approximate surface area is 254 Å². The lowest BCUT2D eigenvalue weighted by atomic mass is 10.1. The summed E-state index contributed by atoms with van der Waals surface area (Å²) in [5.74, 6) is 0.361. The van der Waals surface area contributed by atoms with Crippen LogP contribution < -0.4 is 9.64 Å². The minimum Gasteiger partial charge on any atom is -0.489 e. The molecule has 4 rings (SSSR count). The van der Waals surface area contributed by atoms with Crippen molar-refractivity contribution < 1.29 is 23.8 Å². The largest absolute Gasteiger partial charge is 0.489 e. The third-order valence-electron chi connectivity index (χ3n) is 6.74. The summed E-state index contributed by atoms with van der Waals surface area (Å²) in [6, 6.07) is 29.3. The van der Waals surface area contributed by atoms with Crippen LogP contribution in [0.15, 0.2) is 96.6 Å². The van der Waals surface area contributed by atoms with E-state index in [1.807, 2.05) is 125 Å². The zero-order chi connectivity index (χ0) is 31.0. The van der Waals surface area contributed by atoms with Gasteiger partial charge in [-0.15, -0.1) is 0 Å². The molecule has 0 spiro atoms.